The van der Waals surface area contributed by atoms with E-state index in [9.17, 15) is 0 Å². The Morgan fingerprint density at radius 2 is 2.05 bits per heavy atom. The van der Waals surface area contributed by atoms with E-state index in [-0.39, 0.29) is 0 Å². The van der Waals surface area contributed by atoms with E-state index >= 15 is 0 Å². The maximum absolute atomic E-state index is 5.70. The molecule has 1 fully saturated rings. The summed E-state index contributed by atoms with van der Waals surface area (Å²) in [6, 6.07) is 4.00. The Labute approximate surface area is 121 Å². The van der Waals surface area contributed by atoms with Gasteiger partial charge in [0.25, 0.3) is 0 Å². The minimum Gasteiger partial charge on any atom is -0.454 e. The molecule has 1 N–H and O–H groups in total. The Morgan fingerprint density at radius 1 is 1.21 bits per heavy atom. The lowest BCUT2D eigenvalue weighted by molar-refractivity contribution is 0.0168. The number of ether oxygens (including phenoxy) is 3. The molecule has 2 heterocycles. The third kappa shape index (κ3) is 3.22. The summed E-state index contributed by atoms with van der Waals surface area (Å²) in [6.45, 7) is 2.92. The highest BCUT2D eigenvalue weighted by Crippen LogP contribution is 2.36. The van der Waals surface area contributed by atoms with Crippen LogP contribution >= 0.6 is 15.9 Å². The third-order valence-corrected chi connectivity index (χ3v) is 4.24. The van der Waals surface area contributed by atoms with E-state index < -0.39 is 0 Å². The van der Waals surface area contributed by atoms with Gasteiger partial charge in [0.05, 0.1) is 6.10 Å². The second kappa shape index (κ2) is 6.11. The van der Waals surface area contributed by atoms with E-state index in [2.05, 4.69) is 21.2 Å². The summed E-state index contributed by atoms with van der Waals surface area (Å²) in [5.41, 5.74) is 1.18. The first-order chi connectivity index (χ1) is 9.33. The van der Waals surface area contributed by atoms with Gasteiger partial charge in [-0.3, -0.25) is 0 Å². The van der Waals surface area contributed by atoms with Gasteiger partial charge in [0.2, 0.25) is 6.79 Å². The molecule has 0 saturated carbocycles. The molecule has 0 spiro atoms. The Hall–Kier alpha value is -0.780. The van der Waals surface area contributed by atoms with Crippen molar-refractivity contribution in [2.24, 2.45) is 0 Å². The molecule has 1 atom stereocenters. The standard InChI is InChI=1S/C14H18BrNO3/c15-12-6-14-13(18-9-19-14)5-10(12)7-16-8-11-3-1-2-4-17-11/h5-6,11,16H,1-4,7-9H2. The topological polar surface area (TPSA) is 39.7 Å². The number of hydrogen-bond acceptors (Lipinski definition) is 4. The first-order valence-corrected chi connectivity index (χ1v) is 7.52. The Bertz CT molecular complexity index is 447. The van der Waals surface area contributed by atoms with E-state index in [1.807, 2.05) is 12.1 Å². The van der Waals surface area contributed by atoms with Gasteiger partial charge in [0.15, 0.2) is 11.5 Å². The van der Waals surface area contributed by atoms with Crippen molar-refractivity contribution in [3.05, 3.63) is 22.2 Å². The lowest BCUT2D eigenvalue weighted by Gasteiger charge is -2.23. The molecule has 1 aromatic rings. The van der Waals surface area contributed by atoms with Crippen molar-refractivity contribution < 1.29 is 14.2 Å². The van der Waals surface area contributed by atoms with Crippen LogP contribution in [0, 0.1) is 0 Å². The zero-order valence-corrected chi connectivity index (χ0v) is 12.4. The van der Waals surface area contributed by atoms with Crippen molar-refractivity contribution in [3.63, 3.8) is 0 Å². The Kier molecular flexibility index (Phi) is 4.25. The van der Waals surface area contributed by atoms with Crippen LogP contribution in [0.3, 0.4) is 0 Å². The molecule has 3 rings (SSSR count). The van der Waals surface area contributed by atoms with E-state index in [1.54, 1.807) is 0 Å². The van der Waals surface area contributed by atoms with Crippen molar-refractivity contribution in [2.45, 2.75) is 31.9 Å². The van der Waals surface area contributed by atoms with Gasteiger partial charge in [0, 0.05) is 24.2 Å². The molecule has 0 amide bonds. The second-order valence-electron chi connectivity index (χ2n) is 4.92. The Morgan fingerprint density at radius 3 is 2.84 bits per heavy atom. The molecule has 1 aromatic carbocycles. The van der Waals surface area contributed by atoms with Crippen molar-refractivity contribution in [1.29, 1.82) is 0 Å². The fraction of sp³-hybridized carbons (Fsp3) is 0.571. The SMILES string of the molecule is Brc1cc2c(cc1CNCC1CCCCO1)OCO2. The Balaban J connectivity index is 1.54. The van der Waals surface area contributed by atoms with Crippen LogP contribution in [-0.2, 0) is 11.3 Å². The van der Waals surface area contributed by atoms with Gasteiger partial charge in [-0.05, 0) is 37.0 Å². The predicted molar refractivity (Wildman–Crippen MR) is 75.6 cm³/mol. The molecule has 2 aliphatic rings. The first-order valence-electron chi connectivity index (χ1n) is 6.73. The van der Waals surface area contributed by atoms with Crippen LogP contribution in [0.25, 0.3) is 0 Å². The van der Waals surface area contributed by atoms with Crippen molar-refractivity contribution >= 4 is 15.9 Å². The number of halogens is 1. The average Bonchev–Trinajstić information content (AvgIpc) is 2.87. The highest BCUT2D eigenvalue weighted by atomic mass is 79.9. The molecule has 0 bridgehead atoms. The minimum absolute atomic E-state index is 0.314. The molecule has 5 heteroatoms. The summed E-state index contributed by atoms with van der Waals surface area (Å²) in [6.07, 6.45) is 4.00. The van der Waals surface area contributed by atoms with Crippen LogP contribution in [0.1, 0.15) is 24.8 Å². The molecule has 4 nitrogen and oxygen atoms in total. The van der Waals surface area contributed by atoms with Gasteiger partial charge in [0.1, 0.15) is 0 Å². The minimum atomic E-state index is 0.314. The summed E-state index contributed by atoms with van der Waals surface area (Å²) >= 11 is 3.57. The van der Waals surface area contributed by atoms with E-state index in [0.717, 1.165) is 42.1 Å². The molecule has 1 unspecified atom stereocenters. The maximum atomic E-state index is 5.70. The van der Waals surface area contributed by atoms with Crippen molar-refractivity contribution in [3.8, 4) is 11.5 Å². The normalized spacial score (nSPS) is 21.6. The zero-order valence-electron chi connectivity index (χ0n) is 10.8. The van der Waals surface area contributed by atoms with Crippen LogP contribution in [-0.4, -0.2) is 26.0 Å². The van der Waals surface area contributed by atoms with Gasteiger partial charge < -0.3 is 19.5 Å². The van der Waals surface area contributed by atoms with Gasteiger partial charge in [-0.25, -0.2) is 0 Å². The molecule has 0 radical (unpaired) electrons. The zero-order chi connectivity index (χ0) is 13.1. The van der Waals surface area contributed by atoms with Crippen LogP contribution in [0.15, 0.2) is 16.6 Å². The van der Waals surface area contributed by atoms with Crippen LogP contribution in [0.2, 0.25) is 0 Å². The highest BCUT2D eigenvalue weighted by molar-refractivity contribution is 9.10. The predicted octanol–water partition coefficient (Wildman–Crippen LogP) is 2.84. The quantitative estimate of drug-likeness (QED) is 0.923. The van der Waals surface area contributed by atoms with Crippen molar-refractivity contribution in [1.82, 2.24) is 5.32 Å². The summed E-state index contributed by atoms with van der Waals surface area (Å²) in [5, 5.41) is 3.45. The van der Waals surface area contributed by atoms with E-state index in [0.29, 0.717) is 12.9 Å². The molecular weight excluding hydrogens is 310 g/mol. The molecule has 0 aromatic heterocycles. The number of fused-ring (bicyclic) bond motifs is 1. The summed E-state index contributed by atoms with van der Waals surface area (Å²) in [5.74, 6) is 1.64. The van der Waals surface area contributed by atoms with Gasteiger partial charge >= 0.3 is 0 Å². The lowest BCUT2D eigenvalue weighted by atomic mass is 10.1. The third-order valence-electron chi connectivity index (χ3n) is 3.50. The van der Waals surface area contributed by atoms with Gasteiger partial charge in [-0.1, -0.05) is 15.9 Å². The molecular formula is C14H18BrNO3. The largest absolute Gasteiger partial charge is 0.454 e. The molecule has 2 aliphatic heterocycles. The summed E-state index contributed by atoms with van der Waals surface area (Å²) < 4.78 is 17.5. The number of benzene rings is 1. The number of hydrogen-bond donors (Lipinski definition) is 1. The fourth-order valence-corrected chi connectivity index (χ4v) is 2.89. The molecule has 0 aliphatic carbocycles. The van der Waals surface area contributed by atoms with Crippen LogP contribution < -0.4 is 14.8 Å². The highest BCUT2D eigenvalue weighted by Gasteiger charge is 2.17. The fourth-order valence-electron chi connectivity index (χ4n) is 2.43. The summed E-state index contributed by atoms with van der Waals surface area (Å²) in [7, 11) is 0. The van der Waals surface area contributed by atoms with E-state index in [1.165, 1.54) is 18.4 Å². The monoisotopic (exact) mass is 327 g/mol. The number of nitrogens with one attached hydrogen (secondary N) is 1. The van der Waals surface area contributed by atoms with Crippen LogP contribution in [0.5, 0.6) is 11.5 Å². The smallest absolute Gasteiger partial charge is 0.231 e. The van der Waals surface area contributed by atoms with Crippen LogP contribution in [0.4, 0.5) is 0 Å². The second-order valence-corrected chi connectivity index (χ2v) is 5.77. The van der Waals surface area contributed by atoms with E-state index in [4.69, 9.17) is 14.2 Å². The molecule has 104 valence electrons. The first kappa shape index (κ1) is 13.2. The molecule has 1 saturated heterocycles. The van der Waals surface area contributed by atoms with Gasteiger partial charge in [-0.2, -0.15) is 0 Å². The van der Waals surface area contributed by atoms with Crippen molar-refractivity contribution in [2.75, 3.05) is 19.9 Å². The number of rotatable bonds is 4. The maximum Gasteiger partial charge on any atom is 0.231 e. The summed E-state index contributed by atoms with van der Waals surface area (Å²) in [4.78, 5) is 0. The molecule has 19 heavy (non-hydrogen) atoms. The lowest BCUT2D eigenvalue weighted by Crippen LogP contribution is -2.31. The van der Waals surface area contributed by atoms with Gasteiger partial charge in [-0.15, -0.1) is 0 Å². The average molecular weight is 328 g/mol.